The van der Waals surface area contributed by atoms with E-state index in [9.17, 15) is 0 Å². The smallest absolute Gasteiger partial charge is 0.0879 e. The molecule has 1 saturated carbocycles. The third-order valence-corrected chi connectivity index (χ3v) is 4.61. The van der Waals surface area contributed by atoms with Crippen LogP contribution in [0.15, 0.2) is 12.4 Å². The van der Waals surface area contributed by atoms with E-state index in [1.807, 2.05) is 17.9 Å². The molecule has 3 atom stereocenters. The van der Waals surface area contributed by atoms with E-state index in [1.54, 1.807) is 0 Å². The number of nitrogens with one attached hydrogen (secondary N) is 1. The molecule has 1 N–H and O–H groups in total. The van der Waals surface area contributed by atoms with Crippen molar-refractivity contribution in [1.82, 2.24) is 15.1 Å². The molecule has 1 aliphatic rings. The minimum atomic E-state index is -0.0787. The first kappa shape index (κ1) is 16.5. The van der Waals surface area contributed by atoms with E-state index >= 15 is 0 Å². The predicted octanol–water partition coefficient (Wildman–Crippen LogP) is 3.45. The molecule has 1 fully saturated rings. The molecule has 0 spiro atoms. The standard InChI is InChI=1S/C17H31N3O/c1-5-10-18-16(15-12-19-20(4)13-15)17(21-6-2)9-7-8-14(3)11-17/h12-14,16,18H,5-11H2,1-4H3. The number of rotatable bonds is 7. The molecule has 4 heteroatoms. The molecule has 1 aromatic heterocycles. The highest BCUT2D eigenvalue weighted by Crippen LogP contribution is 2.43. The summed E-state index contributed by atoms with van der Waals surface area (Å²) in [4.78, 5) is 0. The second kappa shape index (κ2) is 7.41. The first-order valence-electron chi connectivity index (χ1n) is 8.47. The van der Waals surface area contributed by atoms with Gasteiger partial charge in [0.1, 0.15) is 0 Å². The highest BCUT2D eigenvalue weighted by Gasteiger charge is 2.43. The van der Waals surface area contributed by atoms with Gasteiger partial charge in [-0.3, -0.25) is 4.68 Å². The zero-order chi connectivity index (χ0) is 15.3. The maximum Gasteiger partial charge on any atom is 0.0879 e. The summed E-state index contributed by atoms with van der Waals surface area (Å²) in [6, 6.07) is 0.244. The van der Waals surface area contributed by atoms with Gasteiger partial charge in [-0.15, -0.1) is 0 Å². The molecule has 0 amide bonds. The van der Waals surface area contributed by atoms with Crippen molar-refractivity contribution < 1.29 is 4.74 Å². The van der Waals surface area contributed by atoms with E-state index < -0.39 is 0 Å². The van der Waals surface area contributed by atoms with E-state index in [-0.39, 0.29) is 11.6 Å². The Morgan fingerprint density at radius 1 is 1.52 bits per heavy atom. The molecule has 3 unspecified atom stereocenters. The Hall–Kier alpha value is -0.870. The van der Waals surface area contributed by atoms with E-state index in [0.29, 0.717) is 0 Å². The fourth-order valence-corrected chi connectivity index (χ4v) is 3.79. The number of hydrogen-bond donors (Lipinski definition) is 1. The fourth-order valence-electron chi connectivity index (χ4n) is 3.79. The highest BCUT2D eigenvalue weighted by atomic mass is 16.5. The van der Waals surface area contributed by atoms with Crippen molar-refractivity contribution in [3.8, 4) is 0 Å². The molecule has 2 rings (SSSR count). The molecule has 1 heterocycles. The number of aryl methyl sites for hydroxylation is 1. The normalized spacial score (nSPS) is 27.7. The second-order valence-corrected chi connectivity index (χ2v) is 6.53. The maximum absolute atomic E-state index is 6.36. The molecule has 0 bridgehead atoms. The third-order valence-electron chi connectivity index (χ3n) is 4.61. The maximum atomic E-state index is 6.36. The van der Waals surface area contributed by atoms with Crippen LogP contribution in [0.4, 0.5) is 0 Å². The fraction of sp³-hybridized carbons (Fsp3) is 0.824. The summed E-state index contributed by atoms with van der Waals surface area (Å²) < 4.78 is 8.25. The topological polar surface area (TPSA) is 39.1 Å². The Kier molecular flexibility index (Phi) is 5.82. The van der Waals surface area contributed by atoms with Crippen LogP contribution < -0.4 is 5.32 Å². The van der Waals surface area contributed by atoms with Crippen molar-refractivity contribution in [1.29, 1.82) is 0 Å². The van der Waals surface area contributed by atoms with E-state index in [0.717, 1.165) is 38.3 Å². The van der Waals surface area contributed by atoms with Crippen molar-refractivity contribution in [2.45, 2.75) is 64.5 Å². The van der Waals surface area contributed by atoms with Crippen molar-refractivity contribution in [3.05, 3.63) is 18.0 Å². The Labute approximate surface area is 129 Å². The Bertz CT molecular complexity index is 427. The number of ether oxygens (including phenoxy) is 1. The minimum Gasteiger partial charge on any atom is -0.373 e. The lowest BCUT2D eigenvalue weighted by atomic mass is 9.73. The van der Waals surface area contributed by atoms with Crippen LogP contribution in [-0.4, -0.2) is 28.5 Å². The minimum absolute atomic E-state index is 0.0787. The summed E-state index contributed by atoms with van der Waals surface area (Å²) >= 11 is 0. The van der Waals surface area contributed by atoms with Gasteiger partial charge in [-0.05, 0) is 38.6 Å². The summed E-state index contributed by atoms with van der Waals surface area (Å²) in [7, 11) is 1.98. The first-order valence-corrected chi connectivity index (χ1v) is 8.47. The molecule has 1 aromatic rings. The second-order valence-electron chi connectivity index (χ2n) is 6.53. The van der Waals surface area contributed by atoms with Crippen molar-refractivity contribution >= 4 is 0 Å². The largest absolute Gasteiger partial charge is 0.373 e. The van der Waals surface area contributed by atoms with Gasteiger partial charge in [0.05, 0.1) is 17.8 Å². The number of nitrogens with zero attached hydrogens (tertiary/aromatic N) is 2. The van der Waals surface area contributed by atoms with Crippen LogP contribution in [-0.2, 0) is 11.8 Å². The van der Waals surface area contributed by atoms with Gasteiger partial charge in [-0.1, -0.05) is 26.7 Å². The van der Waals surface area contributed by atoms with Crippen LogP contribution >= 0.6 is 0 Å². The average molecular weight is 293 g/mol. The van der Waals surface area contributed by atoms with Gasteiger partial charge in [0.25, 0.3) is 0 Å². The van der Waals surface area contributed by atoms with E-state index in [1.165, 1.54) is 18.4 Å². The van der Waals surface area contributed by atoms with Gasteiger partial charge in [-0.25, -0.2) is 0 Å². The Morgan fingerprint density at radius 3 is 2.90 bits per heavy atom. The monoisotopic (exact) mass is 293 g/mol. The number of aromatic nitrogens is 2. The summed E-state index contributed by atoms with van der Waals surface area (Å²) in [5.74, 6) is 0.730. The van der Waals surface area contributed by atoms with Crippen LogP contribution in [0, 0.1) is 5.92 Å². The summed E-state index contributed by atoms with van der Waals surface area (Å²) in [5.41, 5.74) is 1.18. The molecule has 120 valence electrons. The van der Waals surface area contributed by atoms with Gasteiger partial charge in [0.2, 0.25) is 0 Å². The lowest BCUT2D eigenvalue weighted by Gasteiger charge is -2.45. The van der Waals surface area contributed by atoms with Crippen LogP contribution in [0.3, 0.4) is 0 Å². The summed E-state index contributed by atoms with van der Waals surface area (Å²) in [6.07, 6.45) is 10.1. The molecule has 4 nitrogen and oxygen atoms in total. The lowest BCUT2D eigenvalue weighted by Crippen LogP contribution is -2.49. The molecule has 0 saturated heterocycles. The van der Waals surface area contributed by atoms with Crippen LogP contribution in [0.2, 0.25) is 0 Å². The van der Waals surface area contributed by atoms with Crippen LogP contribution in [0.5, 0.6) is 0 Å². The third kappa shape index (κ3) is 3.86. The van der Waals surface area contributed by atoms with E-state index in [2.05, 4.69) is 37.4 Å². The van der Waals surface area contributed by atoms with Crippen molar-refractivity contribution in [3.63, 3.8) is 0 Å². The zero-order valence-electron chi connectivity index (χ0n) is 14.1. The van der Waals surface area contributed by atoms with Crippen LogP contribution in [0.1, 0.15) is 64.5 Å². The SMILES string of the molecule is CCCNC(c1cnn(C)c1)C1(OCC)CCCC(C)C1. The molecule has 0 radical (unpaired) electrons. The molecule has 1 aliphatic carbocycles. The van der Waals surface area contributed by atoms with Gasteiger partial charge >= 0.3 is 0 Å². The molecular formula is C17H31N3O. The Balaban J connectivity index is 2.29. The molecular weight excluding hydrogens is 262 g/mol. The zero-order valence-corrected chi connectivity index (χ0v) is 14.1. The highest BCUT2D eigenvalue weighted by molar-refractivity contribution is 5.17. The van der Waals surface area contributed by atoms with Gasteiger partial charge < -0.3 is 10.1 Å². The van der Waals surface area contributed by atoms with Gasteiger partial charge in [-0.2, -0.15) is 5.10 Å². The van der Waals surface area contributed by atoms with Gasteiger partial charge in [0.15, 0.2) is 0 Å². The lowest BCUT2D eigenvalue weighted by molar-refractivity contribution is -0.102. The first-order chi connectivity index (χ1) is 10.1. The Morgan fingerprint density at radius 2 is 2.33 bits per heavy atom. The van der Waals surface area contributed by atoms with Gasteiger partial charge in [0, 0.05) is 25.4 Å². The molecule has 0 aromatic carbocycles. The number of hydrogen-bond acceptors (Lipinski definition) is 3. The molecule has 0 aliphatic heterocycles. The summed E-state index contributed by atoms with van der Waals surface area (Å²) in [6.45, 7) is 8.47. The van der Waals surface area contributed by atoms with Crippen molar-refractivity contribution in [2.75, 3.05) is 13.2 Å². The quantitative estimate of drug-likeness (QED) is 0.837. The molecule has 21 heavy (non-hydrogen) atoms. The van der Waals surface area contributed by atoms with Crippen molar-refractivity contribution in [2.24, 2.45) is 13.0 Å². The summed E-state index contributed by atoms with van der Waals surface area (Å²) in [5, 5.41) is 8.11. The average Bonchev–Trinajstić information content (AvgIpc) is 2.86. The predicted molar refractivity (Wildman–Crippen MR) is 86.2 cm³/mol. The van der Waals surface area contributed by atoms with E-state index in [4.69, 9.17) is 4.74 Å². The van der Waals surface area contributed by atoms with Crippen LogP contribution in [0.25, 0.3) is 0 Å².